The third-order valence-electron chi connectivity index (χ3n) is 5.26. The minimum atomic E-state index is -3.82. The van der Waals surface area contributed by atoms with Crippen LogP contribution in [0.1, 0.15) is 45.2 Å². The first-order chi connectivity index (χ1) is 16.1. The van der Waals surface area contributed by atoms with Crippen LogP contribution in [0.3, 0.4) is 0 Å². The SMILES string of the molecule is CC[C@@H](C(=O)NC(C)(C)C)N(Cc1ccc(F)cc1)C(=O)CN(c1ccc(Br)c(C)c1)S(C)(=O)=O. The van der Waals surface area contributed by atoms with E-state index < -0.39 is 39.9 Å². The van der Waals surface area contributed by atoms with Crippen LogP contribution in [0.4, 0.5) is 10.1 Å². The maximum Gasteiger partial charge on any atom is 0.244 e. The van der Waals surface area contributed by atoms with Gasteiger partial charge in [0, 0.05) is 16.6 Å². The van der Waals surface area contributed by atoms with E-state index in [1.54, 1.807) is 25.1 Å². The Labute approximate surface area is 215 Å². The number of nitrogens with zero attached hydrogens (tertiary/aromatic N) is 2. The zero-order valence-corrected chi connectivity index (χ0v) is 23.3. The van der Waals surface area contributed by atoms with E-state index in [0.717, 1.165) is 20.6 Å². The Hall–Kier alpha value is -2.46. The molecule has 7 nitrogen and oxygen atoms in total. The van der Waals surface area contributed by atoms with E-state index in [4.69, 9.17) is 0 Å². The fourth-order valence-electron chi connectivity index (χ4n) is 3.56. The molecule has 0 heterocycles. The molecule has 0 radical (unpaired) electrons. The Morgan fingerprint density at radius 2 is 1.71 bits per heavy atom. The number of hydrogen-bond donors (Lipinski definition) is 1. The lowest BCUT2D eigenvalue weighted by Gasteiger charge is -2.34. The number of benzene rings is 2. The number of carbonyl (C=O) groups excluding carboxylic acids is 2. The minimum Gasteiger partial charge on any atom is -0.350 e. The van der Waals surface area contributed by atoms with Crippen molar-refractivity contribution in [2.75, 3.05) is 17.1 Å². The fourth-order valence-corrected chi connectivity index (χ4v) is 4.64. The Kier molecular flexibility index (Phi) is 9.47. The molecule has 0 aliphatic heterocycles. The minimum absolute atomic E-state index is 0.0200. The van der Waals surface area contributed by atoms with Crippen LogP contribution in [0, 0.1) is 12.7 Å². The molecule has 35 heavy (non-hydrogen) atoms. The third kappa shape index (κ3) is 8.31. The van der Waals surface area contributed by atoms with Crippen LogP contribution in [0.15, 0.2) is 46.9 Å². The maximum absolute atomic E-state index is 13.6. The number of sulfonamides is 1. The number of carbonyl (C=O) groups is 2. The quantitative estimate of drug-likeness (QED) is 0.485. The van der Waals surface area contributed by atoms with Crippen molar-refractivity contribution in [3.8, 4) is 0 Å². The number of rotatable bonds is 9. The molecular formula is C25H33BrFN3O4S. The second kappa shape index (κ2) is 11.5. The zero-order valence-electron chi connectivity index (χ0n) is 20.9. The van der Waals surface area contributed by atoms with Crippen LogP contribution in [-0.4, -0.2) is 49.5 Å². The molecule has 2 aromatic carbocycles. The van der Waals surface area contributed by atoms with E-state index in [2.05, 4.69) is 21.2 Å². The maximum atomic E-state index is 13.6. The predicted molar refractivity (Wildman–Crippen MR) is 140 cm³/mol. The van der Waals surface area contributed by atoms with Gasteiger partial charge in [0.2, 0.25) is 21.8 Å². The topological polar surface area (TPSA) is 86.8 Å². The van der Waals surface area contributed by atoms with Gasteiger partial charge < -0.3 is 10.2 Å². The first-order valence-corrected chi connectivity index (χ1v) is 13.9. The second-order valence-electron chi connectivity index (χ2n) is 9.51. The number of aryl methyl sites for hydroxylation is 1. The molecule has 2 aromatic rings. The Balaban J connectivity index is 2.47. The highest BCUT2D eigenvalue weighted by Crippen LogP contribution is 2.25. The summed E-state index contributed by atoms with van der Waals surface area (Å²) in [4.78, 5) is 28.1. The molecule has 192 valence electrons. The zero-order chi connectivity index (χ0) is 26.6. The monoisotopic (exact) mass is 569 g/mol. The van der Waals surface area contributed by atoms with Crippen LogP contribution in [-0.2, 0) is 26.2 Å². The Bertz CT molecular complexity index is 1160. The van der Waals surface area contributed by atoms with E-state index in [9.17, 15) is 22.4 Å². The number of amides is 2. The van der Waals surface area contributed by atoms with E-state index in [1.165, 1.54) is 29.2 Å². The van der Waals surface area contributed by atoms with Gasteiger partial charge in [0.1, 0.15) is 18.4 Å². The van der Waals surface area contributed by atoms with Crippen molar-refractivity contribution in [1.29, 1.82) is 0 Å². The number of anilines is 1. The van der Waals surface area contributed by atoms with Gasteiger partial charge in [0.25, 0.3) is 0 Å². The lowest BCUT2D eigenvalue weighted by molar-refractivity contribution is -0.141. The van der Waals surface area contributed by atoms with Crippen molar-refractivity contribution in [2.45, 2.75) is 59.2 Å². The van der Waals surface area contributed by atoms with Gasteiger partial charge in [-0.05, 0) is 75.6 Å². The summed E-state index contributed by atoms with van der Waals surface area (Å²) < 4.78 is 40.6. The highest BCUT2D eigenvalue weighted by atomic mass is 79.9. The van der Waals surface area contributed by atoms with Gasteiger partial charge in [0.15, 0.2) is 0 Å². The van der Waals surface area contributed by atoms with Gasteiger partial charge in [-0.2, -0.15) is 0 Å². The molecule has 2 amide bonds. The fraction of sp³-hybridized carbons (Fsp3) is 0.440. The van der Waals surface area contributed by atoms with E-state index in [1.807, 2.05) is 27.7 Å². The Morgan fingerprint density at radius 1 is 1.11 bits per heavy atom. The molecule has 0 fully saturated rings. The van der Waals surface area contributed by atoms with Crippen LogP contribution >= 0.6 is 15.9 Å². The summed E-state index contributed by atoms with van der Waals surface area (Å²) in [5.41, 5.74) is 1.24. The molecule has 0 saturated heterocycles. The molecule has 1 atom stereocenters. The molecule has 2 rings (SSSR count). The standard InChI is InChI=1S/C25H33BrFN3O4S/c1-7-22(24(32)28-25(3,4)5)29(15-18-8-10-19(27)11-9-18)23(31)16-30(35(6,33)34)20-12-13-21(26)17(2)14-20/h8-14,22H,7,15-16H2,1-6H3,(H,28,32)/t22-/m0/s1. The first-order valence-electron chi connectivity index (χ1n) is 11.2. The summed E-state index contributed by atoms with van der Waals surface area (Å²) in [5.74, 6) is -1.31. The number of hydrogen-bond acceptors (Lipinski definition) is 4. The van der Waals surface area contributed by atoms with Gasteiger partial charge in [-0.15, -0.1) is 0 Å². The summed E-state index contributed by atoms with van der Waals surface area (Å²) in [6.45, 7) is 8.65. The highest BCUT2D eigenvalue weighted by Gasteiger charge is 2.33. The lowest BCUT2D eigenvalue weighted by atomic mass is 10.1. The van der Waals surface area contributed by atoms with Gasteiger partial charge in [-0.1, -0.05) is 35.0 Å². The summed E-state index contributed by atoms with van der Waals surface area (Å²) in [6, 6.07) is 9.79. The molecule has 0 unspecified atom stereocenters. The van der Waals surface area contributed by atoms with Gasteiger partial charge >= 0.3 is 0 Å². The second-order valence-corrected chi connectivity index (χ2v) is 12.3. The van der Waals surface area contributed by atoms with Crippen LogP contribution in [0.25, 0.3) is 0 Å². The van der Waals surface area contributed by atoms with E-state index in [0.29, 0.717) is 17.7 Å². The van der Waals surface area contributed by atoms with E-state index in [-0.39, 0.29) is 12.5 Å². The third-order valence-corrected chi connectivity index (χ3v) is 7.29. The van der Waals surface area contributed by atoms with Crippen molar-refractivity contribution < 1.29 is 22.4 Å². The average Bonchev–Trinajstić information content (AvgIpc) is 2.73. The van der Waals surface area contributed by atoms with Gasteiger partial charge in [-0.25, -0.2) is 12.8 Å². The molecule has 0 aliphatic carbocycles. The molecule has 0 aliphatic rings. The molecule has 0 bridgehead atoms. The molecule has 0 aromatic heterocycles. The summed E-state index contributed by atoms with van der Waals surface area (Å²) >= 11 is 3.40. The van der Waals surface area contributed by atoms with Crippen molar-refractivity contribution in [3.63, 3.8) is 0 Å². The normalized spacial score (nSPS) is 12.7. The molecule has 0 saturated carbocycles. The van der Waals surface area contributed by atoms with Crippen molar-refractivity contribution >= 4 is 43.5 Å². The average molecular weight is 571 g/mol. The molecular weight excluding hydrogens is 537 g/mol. The predicted octanol–water partition coefficient (Wildman–Crippen LogP) is 4.38. The lowest BCUT2D eigenvalue weighted by Crippen LogP contribution is -2.55. The van der Waals surface area contributed by atoms with Crippen LogP contribution in [0.5, 0.6) is 0 Å². The Morgan fingerprint density at radius 3 is 2.20 bits per heavy atom. The smallest absolute Gasteiger partial charge is 0.244 e. The molecule has 1 N–H and O–H groups in total. The van der Waals surface area contributed by atoms with Crippen LogP contribution < -0.4 is 9.62 Å². The summed E-state index contributed by atoms with van der Waals surface area (Å²) in [7, 11) is -3.82. The number of nitrogens with one attached hydrogen (secondary N) is 1. The summed E-state index contributed by atoms with van der Waals surface area (Å²) in [6.07, 6.45) is 1.34. The van der Waals surface area contributed by atoms with Crippen molar-refractivity contribution in [1.82, 2.24) is 10.2 Å². The largest absolute Gasteiger partial charge is 0.350 e. The molecule has 0 spiro atoms. The first kappa shape index (κ1) is 28.8. The molecule has 10 heteroatoms. The highest BCUT2D eigenvalue weighted by molar-refractivity contribution is 9.10. The van der Waals surface area contributed by atoms with Gasteiger partial charge in [0.05, 0.1) is 11.9 Å². The van der Waals surface area contributed by atoms with E-state index >= 15 is 0 Å². The van der Waals surface area contributed by atoms with Crippen molar-refractivity contribution in [3.05, 3.63) is 63.9 Å². The van der Waals surface area contributed by atoms with Gasteiger partial charge in [-0.3, -0.25) is 13.9 Å². The number of halogens is 2. The summed E-state index contributed by atoms with van der Waals surface area (Å²) in [5, 5.41) is 2.90. The van der Waals surface area contributed by atoms with Crippen molar-refractivity contribution in [2.24, 2.45) is 0 Å². The van der Waals surface area contributed by atoms with Crippen LogP contribution in [0.2, 0.25) is 0 Å².